The van der Waals surface area contributed by atoms with Crippen LogP contribution in [0.1, 0.15) is 53.4 Å². The van der Waals surface area contributed by atoms with E-state index in [2.05, 4.69) is 27.7 Å². The fourth-order valence-electron chi connectivity index (χ4n) is 2.86. The average molecular weight is 183 g/mol. The molecular weight excluding hydrogens is 158 g/mol. The number of nitrogens with two attached hydrogens (primary N) is 1. The molecule has 0 unspecified atom stereocenters. The monoisotopic (exact) mass is 183 g/mol. The van der Waals surface area contributed by atoms with Gasteiger partial charge in [0.25, 0.3) is 0 Å². The van der Waals surface area contributed by atoms with Crippen LogP contribution in [0.5, 0.6) is 0 Å². The zero-order chi connectivity index (χ0) is 10.1. The van der Waals surface area contributed by atoms with E-state index in [0.29, 0.717) is 11.5 Å². The molecule has 1 heteroatoms. The summed E-state index contributed by atoms with van der Waals surface area (Å²) < 4.78 is 0. The summed E-state index contributed by atoms with van der Waals surface area (Å²) in [6.07, 6.45) is 5.36. The second-order valence-corrected chi connectivity index (χ2v) is 5.21. The van der Waals surface area contributed by atoms with E-state index in [1.54, 1.807) is 0 Å². The van der Waals surface area contributed by atoms with Crippen molar-refractivity contribution in [3.05, 3.63) is 0 Å². The Kier molecular flexibility index (Phi) is 3.39. The molecule has 0 heterocycles. The van der Waals surface area contributed by atoms with Gasteiger partial charge in [0.15, 0.2) is 0 Å². The van der Waals surface area contributed by atoms with Crippen LogP contribution in [0.25, 0.3) is 0 Å². The van der Waals surface area contributed by atoms with Crippen LogP contribution in [-0.4, -0.2) is 6.04 Å². The lowest BCUT2D eigenvalue weighted by atomic mass is 9.89. The van der Waals surface area contributed by atoms with Crippen LogP contribution in [0.3, 0.4) is 0 Å². The molecule has 0 spiro atoms. The first kappa shape index (κ1) is 11.0. The molecule has 0 saturated heterocycles. The van der Waals surface area contributed by atoms with E-state index in [1.165, 1.54) is 25.7 Å². The van der Waals surface area contributed by atoms with Crippen molar-refractivity contribution in [1.82, 2.24) is 0 Å². The van der Waals surface area contributed by atoms with Gasteiger partial charge in [-0.05, 0) is 17.3 Å². The molecule has 0 aromatic heterocycles. The topological polar surface area (TPSA) is 26.0 Å². The lowest BCUT2D eigenvalue weighted by molar-refractivity contribution is 0.342. The molecule has 2 N–H and O–H groups in total. The molecule has 13 heavy (non-hydrogen) atoms. The maximum atomic E-state index is 6.11. The normalized spacial score (nSPS) is 30.9. The first-order chi connectivity index (χ1) is 6.05. The summed E-state index contributed by atoms with van der Waals surface area (Å²) in [7, 11) is 0. The summed E-state index contributed by atoms with van der Waals surface area (Å²) >= 11 is 0. The molecule has 1 fully saturated rings. The van der Waals surface area contributed by atoms with Crippen molar-refractivity contribution in [2.75, 3.05) is 0 Å². The molecule has 0 aromatic rings. The molecule has 1 rings (SSSR count). The highest BCUT2D eigenvalue weighted by atomic mass is 14.8. The van der Waals surface area contributed by atoms with E-state index in [-0.39, 0.29) is 0 Å². The molecule has 1 nitrogen and oxygen atoms in total. The third kappa shape index (κ3) is 2.07. The minimum Gasteiger partial charge on any atom is -0.327 e. The van der Waals surface area contributed by atoms with Gasteiger partial charge in [-0.2, -0.15) is 0 Å². The van der Waals surface area contributed by atoms with Crippen LogP contribution in [-0.2, 0) is 0 Å². The molecule has 0 radical (unpaired) electrons. The number of hydrogen-bond acceptors (Lipinski definition) is 1. The minimum absolute atomic E-state index is 0.426. The summed E-state index contributed by atoms with van der Waals surface area (Å²) in [6.45, 7) is 9.20. The van der Waals surface area contributed by atoms with Gasteiger partial charge in [-0.15, -0.1) is 0 Å². The van der Waals surface area contributed by atoms with Gasteiger partial charge in [-0.3, -0.25) is 0 Å². The zero-order valence-corrected chi connectivity index (χ0v) is 9.64. The Hall–Kier alpha value is -0.0400. The maximum absolute atomic E-state index is 6.11. The average Bonchev–Trinajstić information content (AvgIpc) is 2.52. The van der Waals surface area contributed by atoms with Crippen molar-refractivity contribution in [3.63, 3.8) is 0 Å². The Balaban J connectivity index is 2.47. The predicted octanol–water partition coefficient (Wildman–Crippen LogP) is 3.19. The van der Waals surface area contributed by atoms with Gasteiger partial charge in [-0.25, -0.2) is 0 Å². The highest BCUT2D eigenvalue weighted by molar-refractivity contribution is 5.10. The fraction of sp³-hybridized carbons (Fsp3) is 1.00. The molecule has 1 aliphatic carbocycles. The molecule has 2 atom stereocenters. The molecule has 1 saturated carbocycles. The van der Waals surface area contributed by atoms with Crippen LogP contribution in [0.4, 0.5) is 0 Å². The van der Waals surface area contributed by atoms with Crippen molar-refractivity contribution >= 4 is 0 Å². The summed E-state index contributed by atoms with van der Waals surface area (Å²) in [5, 5.41) is 0. The van der Waals surface area contributed by atoms with E-state index < -0.39 is 0 Å². The summed E-state index contributed by atoms with van der Waals surface area (Å²) in [4.78, 5) is 0. The smallest absolute Gasteiger partial charge is 0.0130 e. The van der Waals surface area contributed by atoms with Crippen LogP contribution in [0.15, 0.2) is 0 Å². The fourth-order valence-corrected chi connectivity index (χ4v) is 2.86. The lowest BCUT2D eigenvalue weighted by Crippen LogP contribution is -2.10. The second kappa shape index (κ2) is 4.00. The third-order valence-electron chi connectivity index (χ3n) is 3.82. The van der Waals surface area contributed by atoms with Gasteiger partial charge in [-0.1, -0.05) is 53.4 Å². The first-order valence-electron chi connectivity index (χ1n) is 5.81. The van der Waals surface area contributed by atoms with Crippen molar-refractivity contribution < 1.29 is 0 Å². The molecule has 0 bridgehead atoms. The van der Waals surface area contributed by atoms with E-state index in [0.717, 1.165) is 11.8 Å². The lowest BCUT2D eigenvalue weighted by Gasteiger charge is -2.16. The molecule has 0 amide bonds. The molecule has 0 aromatic carbocycles. The van der Waals surface area contributed by atoms with Gasteiger partial charge < -0.3 is 5.73 Å². The van der Waals surface area contributed by atoms with Crippen molar-refractivity contribution in [1.29, 1.82) is 0 Å². The Morgan fingerprint density at radius 1 is 1.15 bits per heavy atom. The first-order valence-corrected chi connectivity index (χ1v) is 5.81. The van der Waals surface area contributed by atoms with E-state index in [4.69, 9.17) is 5.73 Å². The minimum atomic E-state index is 0.426. The Morgan fingerprint density at radius 2 is 1.54 bits per heavy atom. The molecule has 1 aliphatic rings. The second-order valence-electron chi connectivity index (χ2n) is 5.21. The quantitative estimate of drug-likeness (QED) is 0.696. The predicted molar refractivity (Wildman–Crippen MR) is 58.6 cm³/mol. The van der Waals surface area contributed by atoms with Crippen LogP contribution < -0.4 is 5.73 Å². The van der Waals surface area contributed by atoms with Crippen molar-refractivity contribution in [3.8, 4) is 0 Å². The molecule has 0 aliphatic heterocycles. The molecular formula is C12H25N. The van der Waals surface area contributed by atoms with Crippen LogP contribution in [0.2, 0.25) is 0 Å². The summed E-state index contributed by atoms with van der Waals surface area (Å²) in [5.74, 6) is 1.69. The SMILES string of the molecule is CCCC(CCC)[C@@H]1[C@@H](N)C1(C)C. The largest absolute Gasteiger partial charge is 0.327 e. The van der Waals surface area contributed by atoms with Crippen LogP contribution >= 0.6 is 0 Å². The standard InChI is InChI=1S/C12H25N/c1-5-7-9(8-6-2)10-11(13)12(10,3)4/h9-11H,5-8,13H2,1-4H3/t10-,11-/m1/s1. The van der Waals surface area contributed by atoms with Gasteiger partial charge in [0, 0.05) is 6.04 Å². The van der Waals surface area contributed by atoms with Gasteiger partial charge in [0.2, 0.25) is 0 Å². The number of rotatable bonds is 5. The molecule has 78 valence electrons. The van der Waals surface area contributed by atoms with Gasteiger partial charge >= 0.3 is 0 Å². The highest BCUT2D eigenvalue weighted by Gasteiger charge is 2.57. The summed E-state index contributed by atoms with van der Waals surface area (Å²) in [6, 6.07) is 0.468. The summed E-state index contributed by atoms with van der Waals surface area (Å²) in [5.41, 5.74) is 6.53. The van der Waals surface area contributed by atoms with E-state index >= 15 is 0 Å². The van der Waals surface area contributed by atoms with E-state index in [9.17, 15) is 0 Å². The Morgan fingerprint density at radius 3 is 1.77 bits per heavy atom. The Bertz CT molecular complexity index is 157. The van der Waals surface area contributed by atoms with E-state index in [1.807, 2.05) is 0 Å². The van der Waals surface area contributed by atoms with Crippen molar-refractivity contribution in [2.24, 2.45) is 23.0 Å². The number of hydrogen-bond donors (Lipinski definition) is 1. The van der Waals surface area contributed by atoms with Gasteiger partial charge in [0.1, 0.15) is 0 Å². The Labute approximate surface area is 83.1 Å². The van der Waals surface area contributed by atoms with Crippen molar-refractivity contribution in [2.45, 2.75) is 59.4 Å². The van der Waals surface area contributed by atoms with Gasteiger partial charge in [0.05, 0.1) is 0 Å². The third-order valence-corrected chi connectivity index (χ3v) is 3.82. The highest BCUT2D eigenvalue weighted by Crippen LogP contribution is 2.56. The maximum Gasteiger partial charge on any atom is 0.0130 e. The zero-order valence-electron chi connectivity index (χ0n) is 9.64. The van der Waals surface area contributed by atoms with Crippen LogP contribution in [0, 0.1) is 17.3 Å².